The Bertz CT molecular complexity index is 1180. The van der Waals surface area contributed by atoms with E-state index in [0.717, 1.165) is 37.2 Å². The number of likely N-dealkylation sites (tertiary alicyclic amines) is 1. The van der Waals surface area contributed by atoms with E-state index in [-0.39, 0.29) is 17.9 Å². The van der Waals surface area contributed by atoms with Crippen LogP contribution < -0.4 is 0 Å². The van der Waals surface area contributed by atoms with Gasteiger partial charge in [-0.1, -0.05) is 6.07 Å². The van der Waals surface area contributed by atoms with Crippen LogP contribution in [0, 0.1) is 5.92 Å². The van der Waals surface area contributed by atoms with Gasteiger partial charge in [-0.15, -0.1) is 0 Å². The average molecular weight is 625 g/mol. The highest BCUT2D eigenvalue weighted by Gasteiger charge is 2.43. The van der Waals surface area contributed by atoms with Gasteiger partial charge in [-0.25, -0.2) is 9.59 Å². The quantitative estimate of drug-likeness (QED) is 0.414. The van der Waals surface area contributed by atoms with Gasteiger partial charge in [-0.05, 0) is 49.4 Å². The van der Waals surface area contributed by atoms with Crippen molar-refractivity contribution in [1.29, 1.82) is 0 Å². The molecule has 0 aromatic carbocycles. The summed E-state index contributed by atoms with van der Waals surface area (Å²) in [4.78, 5) is 54.2. The maximum Gasteiger partial charge on any atom is 0.490 e. The third-order valence-electron chi connectivity index (χ3n) is 6.44. The van der Waals surface area contributed by atoms with Gasteiger partial charge < -0.3 is 29.7 Å². The number of nitrogens with one attached hydrogen (secondary N) is 1. The summed E-state index contributed by atoms with van der Waals surface area (Å²) in [7, 11) is 1.79. The Hall–Kier alpha value is -4.15. The minimum absolute atomic E-state index is 0.00493. The first-order valence-electron chi connectivity index (χ1n) is 12.8. The number of alkyl halides is 6. The number of ether oxygens (including phenoxy) is 1. The molecule has 238 valence electrons. The van der Waals surface area contributed by atoms with Gasteiger partial charge in [0.1, 0.15) is 6.10 Å². The number of hydrogen-bond acceptors (Lipinski definition) is 6. The van der Waals surface area contributed by atoms with Gasteiger partial charge in [-0.3, -0.25) is 14.6 Å². The van der Waals surface area contributed by atoms with Gasteiger partial charge in [0.2, 0.25) is 5.91 Å². The maximum atomic E-state index is 12.8. The average Bonchev–Trinajstić information content (AvgIpc) is 3.61. The van der Waals surface area contributed by atoms with E-state index in [1.807, 2.05) is 41.4 Å². The van der Waals surface area contributed by atoms with Crippen molar-refractivity contribution in [3.05, 3.63) is 54.1 Å². The molecule has 11 nitrogen and oxygen atoms in total. The Morgan fingerprint density at radius 2 is 1.67 bits per heavy atom. The van der Waals surface area contributed by atoms with Crippen LogP contribution in [0.15, 0.2) is 42.7 Å². The van der Waals surface area contributed by atoms with Crippen LogP contribution in [-0.2, 0) is 36.9 Å². The first-order chi connectivity index (χ1) is 20.0. The minimum Gasteiger partial charge on any atom is -0.475 e. The number of aliphatic carboxylic acids is 2. The molecule has 2 fully saturated rings. The molecule has 0 saturated carbocycles. The van der Waals surface area contributed by atoms with Gasteiger partial charge in [0, 0.05) is 44.6 Å². The molecular formula is C26H30F6N4O7. The van der Waals surface area contributed by atoms with Crippen molar-refractivity contribution in [3.63, 3.8) is 0 Å². The van der Waals surface area contributed by atoms with E-state index < -0.39 is 30.4 Å². The summed E-state index contributed by atoms with van der Waals surface area (Å²) in [5, 5.41) is 14.2. The molecule has 1 unspecified atom stereocenters. The number of H-pyrrole nitrogens is 1. The van der Waals surface area contributed by atoms with Crippen LogP contribution in [0.4, 0.5) is 26.3 Å². The molecule has 0 bridgehead atoms. The van der Waals surface area contributed by atoms with E-state index >= 15 is 0 Å². The Kier molecular flexibility index (Phi) is 12.5. The number of aromatic nitrogens is 2. The van der Waals surface area contributed by atoms with Crippen molar-refractivity contribution in [2.24, 2.45) is 5.92 Å². The molecule has 0 spiro atoms. The molecule has 17 heteroatoms. The number of likely N-dealkylation sites (N-methyl/N-ethyl adjacent to an activating group) is 1. The number of carboxylic acid groups (broad SMARTS) is 2. The predicted molar refractivity (Wildman–Crippen MR) is 135 cm³/mol. The number of fused-ring (bicyclic) bond motifs is 1. The van der Waals surface area contributed by atoms with Crippen LogP contribution in [0.3, 0.4) is 0 Å². The van der Waals surface area contributed by atoms with Crippen molar-refractivity contribution in [2.75, 3.05) is 20.1 Å². The molecular weight excluding hydrogens is 594 g/mol. The fraction of sp³-hybridized carbons (Fsp3) is 0.500. The maximum absolute atomic E-state index is 12.8. The number of carbonyl (C=O) groups is 4. The molecule has 3 N–H and O–H groups in total. The topological polar surface area (TPSA) is 153 Å². The molecule has 4 rings (SSSR count). The summed E-state index contributed by atoms with van der Waals surface area (Å²) in [5.74, 6) is -5.02. The zero-order chi connectivity index (χ0) is 32.4. The summed E-state index contributed by atoms with van der Waals surface area (Å²) < 4.78 is 69.6. The summed E-state index contributed by atoms with van der Waals surface area (Å²) in [5.41, 5.74) is 1.93. The second-order valence-corrected chi connectivity index (χ2v) is 9.60. The van der Waals surface area contributed by atoms with Crippen molar-refractivity contribution in [1.82, 2.24) is 19.8 Å². The van der Waals surface area contributed by atoms with Crippen LogP contribution in [0.5, 0.6) is 0 Å². The molecule has 2 aliphatic rings. The molecule has 3 atom stereocenters. The SMILES string of the molecule is CN(Cc1ccccn1)C(=O)C1C[C@@H]2CCN(C(=O)CCc3ccc[nH]3)C[C@@H]2O1.O=C(O)C(F)(F)F.O=C(O)C(F)(F)F. The van der Waals surface area contributed by atoms with E-state index in [1.165, 1.54) is 0 Å². The third kappa shape index (κ3) is 11.6. The monoisotopic (exact) mass is 624 g/mol. The van der Waals surface area contributed by atoms with Crippen LogP contribution in [0.25, 0.3) is 0 Å². The third-order valence-corrected chi connectivity index (χ3v) is 6.44. The lowest BCUT2D eigenvalue weighted by atomic mass is 9.91. The molecule has 2 aromatic heterocycles. The first-order valence-corrected chi connectivity index (χ1v) is 12.8. The van der Waals surface area contributed by atoms with Crippen molar-refractivity contribution >= 4 is 23.8 Å². The van der Waals surface area contributed by atoms with E-state index in [1.54, 1.807) is 18.1 Å². The Morgan fingerprint density at radius 3 is 2.19 bits per heavy atom. The van der Waals surface area contributed by atoms with Crippen LogP contribution >= 0.6 is 0 Å². The van der Waals surface area contributed by atoms with Crippen LogP contribution in [0.2, 0.25) is 0 Å². The Morgan fingerprint density at radius 1 is 1.05 bits per heavy atom. The fourth-order valence-corrected chi connectivity index (χ4v) is 4.30. The second kappa shape index (κ2) is 15.4. The summed E-state index contributed by atoms with van der Waals surface area (Å²) in [6.07, 6.45) is -4.19. The highest BCUT2D eigenvalue weighted by atomic mass is 19.4. The van der Waals surface area contributed by atoms with Crippen LogP contribution in [0.1, 0.15) is 30.7 Å². The summed E-state index contributed by atoms with van der Waals surface area (Å²) in [6, 6.07) is 9.64. The van der Waals surface area contributed by atoms with Gasteiger partial charge in [0.05, 0.1) is 18.3 Å². The molecule has 2 amide bonds. The zero-order valence-corrected chi connectivity index (χ0v) is 22.8. The number of aromatic amines is 1. The van der Waals surface area contributed by atoms with Crippen molar-refractivity contribution in [2.45, 2.75) is 56.8 Å². The van der Waals surface area contributed by atoms with Crippen molar-refractivity contribution < 1.29 is 60.5 Å². The number of carbonyl (C=O) groups excluding carboxylic acids is 2. The van der Waals surface area contributed by atoms with Gasteiger partial charge in [-0.2, -0.15) is 26.3 Å². The van der Waals surface area contributed by atoms with Gasteiger partial charge >= 0.3 is 24.3 Å². The molecule has 0 radical (unpaired) electrons. The largest absolute Gasteiger partial charge is 0.490 e. The van der Waals surface area contributed by atoms with E-state index in [9.17, 15) is 35.9 Å². The number of carboxylic acids is 2. The lowest BCUT2D eigenvalue weighted by molar-refractivity contribution is -0.193. The number of amides is 2. The molecule has 43 heavy (non-hydrogen) atoms. The molecule has 2 aliphatic heterocycles. The standard InChI is InChI=1S/C22H28N4O3.2C2HF3O2/c1-25(14-18-5-2-3-10-24-18)22(28)19-13-16-9-12-26(15-20(16)29-19)21(27)8-7-17-6-4-11-23-17;2*3-2(4,5)1(6)7/h2-6,10-11,16,19-20,23H,7-9,12-15H2,1H3;2*(H,6,7)/t16-,19?,20-;;/m0../s1. The number of rotatable bonds is 6. The highest BCUT2D eigenvalue weighted by molar-refractivity contribution is 5.81. The second-order valence-electron chi connectivity index (χ2n) is 9.60. The number of hydrogen-bond donors (Lipinski definition) is 3. The molecule has 2 aromatic rings. The van der Waals surface area contributed by atoms with Crippen molar-refractivity contribution in [3.8, 4) is 0 Å². The molecule has 0 aliphatic carbocycles. The first kappa shape index (κ1) is 35.0. The zero-order valence-electron chi connectivity index (χ0n) is 22.8. The molecule has 4 heterocycles. The summed E-state index contributed by atoms with van der Waals surface area (Å²) >= 11 is 0. The van der Waals surface area contributed by atoms with E-state index in [4.69, 9.17) is 24.5 Å². The molecule has 2 saturated heterocycles. The lowest BCUT2D eigenvalue weighted by Crippen LogP contribution is -2.45. The summed E-state index contributed by atoms with van der Waals surface area (Å²) in [6.45, 7) is 1.80. The number of nitrogens with zero attached hydrogens (tertiary/aromatic N) is 3. The van der Waals surface area contributed by atoms with Gasteiger partial charge in [0.15, 0.2) is 0 Å². The minimum atomic E-state index is -5.08. The number of aryl methyl sites for hydroxylation is 1. The van der Waals surface area contributed by atoms with E-state index in [0.29, 0.717) is 25.4 Å². The lowest BCUT2D eigenvalue weighted by Gasteiger charge is -2.34. The van der Waals surface area contributed by atoms with E-state index in [2.05, 4.69) is 9.97 Å². The Labute approximate surface area is 241 Å². The highest BCUT2D eigenvalue weighted by Crippen LogP contribution is 2.34. The van der Waals surface area contributed by atoms with Gasteiger partial charge in [0.25, 0.3) is 5.91 Å². The predicted octanol–water partition coefficient (Wildman–Crippen LogP) is 3.27. The number of piperidine rings is 1. The number of halogens is 6. The van der Waals surface area contributed by atoms with Crippen LogP contribution in [-0.4, -0.2) is 98.4 Å². The number of pyridine rings is 1. The smallest absolute Gasteiger partial charge is 0.475 e. The Balaban J connectivity index is 0.000000384. The normalized spacial score (nSPS) is 19.6. The fourth-order valence-electron chi connectivity index (χ4n) is 4.30.